The zero-order chi connectivity index (χ0) is 31.3. The minimum atomic E-state index is -0.569. The minimum absolute atomic E-state index is 0.200. The molecule has 0 rings (SSSR count). The Bertz CT molecular complexity index is 679. The molecule has 250 valence electrons. The van der Waals surface area contributed by atoms with E-state index in [0.717, 1.165) is 32.1 Å². The zero-order valence-corrected chi connectivity index (χ0v) is 28.5. The third-order valence-corrected chi connectivity index (χ3v) is 7.68. The van der Waals surface area contributed by atoms with E-state index in [1.165, 1.54) is 109 Å². The molecular formula is C39H70O4. The monoisotopic (exact) mass is 603 g/mol. The summed E-state index contributed by atoms with van der Waals surface area (Å²) in [7, 11) is 0. The number of esters is 1. The number of hydrogen-bond donors (Lipinski definition) is 1. The molecule has 0 aromatic heterocycles. The smallest absolute Gasteiger partial charge is 0.306 e. The van der Waals surface area contributed by atoms with Crippen molar-refractivity contribution in [2.75, 3.05) is 19.8 Å². The van der Waals surface area contributed by atoms with Crippen molar-refractivity contribution in [1.82, 2.24) is 0 Å². The normalized spacial score (nSPS) is 12.9. The summed E-state index contributed by atoms with van der Waals surface area (Å²) in [6.45, 7) is 5.16. The van der Waals surface area contributed by atoms with Crippen molar-refractivity contribution in [3.05, 3.63) is 48.6 Å². The molecular weight excluding hydrogens is 532 g/mol. The fourth-order valence-electron chi connectivity index (χ4n) is 4.99. The maximum Gasteiger partial charge on any atom is 0.306 e. The van der Waals surface area contributed by atoms with Crippen LogP contribution < -0.4 is 0 Å². The van der Waals surface area contributed by atoms with E-state index in [2.05, 4.69) is 56.4 Å². The number of carbonyl (C=O) groups excluding carboxylic acids is 1. The molecule has 0 aliphatic carbocycles. The number of aliphatic hydroxyl groups excluding tert-OH is 1. The van der Waals surface area contributed by atoms with Gasteiger partial charge >= 0.3 is 5.97 Å². The third kappa shape index (κ3) is 34.7. The summed E-state index contributed by atoms with van der Waals surface area (Å²) in [5.74, 6) is -0.279. The highest BCUT2D eigenvalue weighted by Crippen LogP contribution is 2.14. The van der Waals surface area contributed by atoms with Gasteiger partial charge < -0.3 is 14.6 Å². The quantitative estimate of drug-likeness (QED) is 0.0461. The lowest BCUT2D eigenvalue weighted by atomic mass is 10.0. The van der Waals surface area contributed by atoms with Crippen LogP contribution in [0.1, 0.15) is 168 Å². The fraction of sp³-hybridized carbons (Fsp3) is 0.769. The molecule has 0 saturated heterocycles. The van der Waals surface area contributed by atoms with Crippen molar-refractivity contribution >= 4 is 5.97 Å². The van der Waals surface area contributed by atoms with Crippen LogP contribution in [-0.4, -0.2) is 37.0 Å². The minimum Gasteiger partial charge on any atom is -0.457 e. The number of allylic oxidation sites excluding steroid dienone is 8. The van der Waals surface area contributed by atoms with Gasteiger partial charge in [0, 0.05) is 13.0 Å². The van der Waals surface area contributed by atoms with Gasteiger partial charge in [-0.3, -0.25) is 4.79 Å². The average Bonchev–Trinajstić information content (AvgIpc) is 3.01. The standard InChI is InChI=1S/C39H70O4/c1-3-5-7-9-11-13-15-17-18-19-20-21-23-25-27-29-31-33-35-42-37-38(36-40)43-39(41)34-32-30-28-26-24-22-16-14-12-10-8-6-4-2/h6,8,12,14,22,24,28,30,38,40H,3-5,7,9-11,13,15-21,23,25-27,29,31-37H2,1-2H3/b8-6-,14-12-,24-22-,30-28-. The first-order valence-electron chi connectivity index (χ1n) is 18.2. The third-order valence-electron chi connectivity index (χ3n) is 7.68. The summed E-state index contributed by atoms with van der Waals surface area (Å²) >= 11 is 0. The second-order valence-corrected chi connectivity index (χ2v) is 11.9. The van der Waals surface area contributed by atoms with E-state index >= 15 is 0 Å². The second-order valence-electron chi connectivity index (χ2n) is 11.9. The second kappa shape index (κ2) is 36.5. The van der Waals surface area contributed by atoms with Crippen LogP contribution in [0.2, 0.25) is 0 Å². The molecule has 0 aliphatic rings. The lowest BCUT2D eigenvalue weighted by Crippen LogP contribution is -2.27. The van der Waals surface area contributed by atoms with Crippen molar-refractivity contribution in [2.24, 2.45) is 0 Å². The molecule has 4 heteroatoms. The number of rotatable bonds is 33. The Morgan fingerprint density at radius 1 is 0.581 bits per heavy atom. The lowest BCUT2D eigenvalue weighted by molar-refractivity contribution is -0.154. The predicted molar refractivity (Wildman–Crippen MR) is 187 cm³/mol. The summed E-state index contributed by atoms with van der Waals surface area (Å²) in [6, 6.07) is 0. The van der Waals surface area contributed by atoms with Crippen LogP contribution in [0.4, 0.5) is 0 Å². The van der Waals surface area contributed by atoms with E-state index in [9.17, 15) is 9.90 Å². The molecule has 0 bridgehead atoms. The predicted octanol–water partition coefficient (Wildman–Crippen LogP) is 11.5. The van der Waals surface area contributed by atoms with Crippen molar-refractivity contribution < 1.29 is 19.4 Å². The highest BCUT2D eigenvalue weighted by molar-refractivity contribution is 5.69. The Labute approximate surface area is 267 Å². The van der Waals surface area contributed by atoms with Crippen LogP contribution in [0.25, 0.3) is 0 Å². The van der Waals surface area contributed by atoms with Gasteiger partial charge in [-0.05, 0) is 38.5 Å². The molecule has 43 heavy (non-hydrogen) atoms. The molecule has 1 unspecified atom stereocenters. The maximum absolute atomic E-state index is 12.1. The highest BCUT2D eigenvalue weighted by Gasteiger charge is 2.13. The van der Waals surface area contributed by atoms with Gasteiger partial charge in [0.15, 0.2) is 0 Å². The largest absolute Gasteiger partial charge is 0.457 e. The van der Waals surface area contributed by atoms with Crippen LogP contribution in [0.3, 0.4) is 0 Å². The van der Waals surface area contributed by atoms with Crippen LogP contribution in [0.15, 0.2) is 48.6 Å². The molecule has 0 spiro atoms. The van der Waals surface area contributed by atoms with E-state index < -0.39 is 6.10 Å². The summed E-state index contributed by atoms with van der Waals surface area (Å²) in [5, 5.41) is 9.53. The Kier molecular flexibility index (Phi) is 35.1. The average molecular weight is 603 g/mol. The topological polar surface area (TPSA) is 55.8 Å². The first kappa shape index (κ1) is 41.4. The number of hydrogen-bond acceptors (Lipinski definition) is 4. The molecule has 1 atom stereocenters. The van der Waals surface area contributed by atoms with Crippen molar-refractivity contribution in [3.8, 4) is 0 Å². The molecule has 1 N–H and O–H groups in total. The van der Waals surface area contributed by atoms with Crippen molar-refractivity contribution in [2.45, 2.75) is 174 Å². The Hall–Kier alpha value is -1.65. The molecule has 0 fully saturated rings. The first-order chi connectivity index (χ1) is 21.2. The van der Waals surface area contributed by atoms with E-state index in [-0.39, 0.29) is 19.2 Å². The summed E-state index contributed by atoms with van der Waals surface area (Å²) in [4.78, 5) is 12.1. The Morgan fingerprint density at radius 3 is 1.44 bits per heavy atom. The van der Waals surface area contributed by atoms with Crippen LogP contribution >= 0.6 is 0 Å². The van der Waals surface area contributed by atoms with Crippen LogP contribution in [0, 0.1) is 0 Å². The van der Waals surface area contributed by atoms with Gasteiger partial charge in [-0.1, -0.05) is 172 Å². The van der Waals surface area contributed by atoms with Gasteiger partial charge in [-0.15, -0.1) is 0 Å². The number of ether oxygens (including phenoxy) is 2. The Balaban J connectivity index is 3.49. The molecule has 0 aromatic rings. The van der Waals surface area contributed by atoms with Gasteiger partial charge in [0.25, 0.3) is 0 Å². The maximum atomic E-state index is 12.1. The number of aliphatic hydroxyl groups is 1. The van der Waals surface area contributed by atoms with Gasteiger partial charge in [0.05, 0.1) is 13.2 Å². The number of unbranched alkanes of at least 4 members (excludes halogenated alkanes) is 17. The molecule has 0 saturated carbocycles. The summed E-state index contributed by atoms with van der Waals surface area (Å²) in [6.07, 6.45) is 46.0. The molecule has 0 radical (unpaired) electrons. The molecule has 0 aliphatic heterocycles. The first-order valence-corrected chi connectivity index (χ1v) is 18.2. The zero-order valence-electron chi connectivity index (χ0n) is 28.5. The highest BCUT2D eigenvalue weighted by atomic mass is 16.6. The lowest BCUT2D eigenvalue weighted by Gasteiger charge is -2.15. The van der Waals surface area contributed by atoms with Crippen molar-refractivity contribution in [1.29, 1.82) is 0 Å². The van der Waals surface area contributed by atoms with Gasteiger partial charge in [-0.25, -0.2) is 0 Å². The van der Waals surface area contributed by atoms with Crippen LogP contribution in [-0.2, 0) is 14.3 Å². The van der Waals surface area contributed by atoms with Gasteiger partial charge in [0.2, 0.25) is 0 Å². The van der Waals surface area contributed by atoms with E-state index in [4.69, 9.17) is 9.47 Å². The summed E-state index contributed by atoms with van der Waals surface area (Å²) < 4.78 is 11.0. The molecule has 0 heterocycles. The van der Waals surface area contributed by atoms with Crippen molar-refractivity contribution in [3.63, 3.8) is 0 Å². The fourth-order valence-corrected chi connectivity index (χ4v) is 4.99. The molecule has 4 nitrogen and oxygen atoms in total. The molecule has 0 aromatic carbocycles. The molecule has 0 amide bonds. The SMILES string of the molecule is CC/C=C\C/C=C\C/C=C\C/C=C\CCC(=O)OC(CO)COCCCCCCCCCCCCCCCCCCCC. The van der Waals surface area contributed by atoms with E-state index in [1.807, 2.05) is 6.08 Å². The summed E-state index contributed by atoms with van der Waals surface area (Å²) in [5.41, 5.74) is 0. The number of carbonyl (C=O) groups is 1. The van der Waals surface area contributed by atoms with Gasteiger partial charge in [0.1, 0.15) is 6.10 Å². The van der Waals surface area contributed by atoms with E-state index in [0.29, 0.717) is 19.4 Å². The van der Waals surface area contributed by atoms with Crippen LogP contribution in [0.5, 0.6) is 0 Å². The van der Waals surface area contributed by atoms with E-state index in [1.54, 1.807) is 0 Å². The Morgan fingerprint density at radius 2 is 1.00 bits per heavy atom. The van der Waals surface area contributed by atoms with Gasteiger partial charge in [-0.2, -0.15) is 0 Å².